The van der Waals surface area contributed by atoms with E-state index in [1.54, 1.807) is 42.5 Å². The van der Waals surface area contributed by atoms with Gasteiger partial charge >= 0.3 is 0 Å². The van der Waals surface area contributed by atoms with Crippen LogP contribution in [-0.4, -0.2) is 15.5 Å². The van der Waals surface area contributed by atoms with Gasteiger partial charge in [-0.3, -0.25) is 4.72 Å². The number of rotatable bonds is 6. The molecule has 0 fully saturated rings. The Bertz CT molecular complexity index is 1010. The van der Waals surface area contributed by atoms with Crippen LogP contribution in [0.15, 0.2) is 82.2 Å². The largest absolute Gasteiger partial charge is 0.496 e. The van der Waals surface area contributed by atoms with Gasteiger partial charge in [-0.05, 0) is 58.4 Å². The highest BCUT2D eigenvalue weighted by Crippen LogP contribution is 2.32. The van der Waals surface area contributed by atoms with Crippen LogP contribution in [0.5, 0.6) is 17.2 Å². The second-order valence-corrected chi connectivity index (χ2v) is 7.85. The molecule has 0 aromatic heterocycles. The molecule has 0 heterocycles. The Balaban J connectivity index is 1.89. The molecule has 3 aromatic rings. The second kappa shape index (κ2) is 7.80. The topological polar surface area (TPSA) is 64.6 Å². The van der Waals surface area contributed by atoms with Crippen LogP contribution in [0, 0.1) is 0 Å². The molecule has 0 atom stereocenters. The van der Waals surface area contributed by atoms with E-state index in [-0.39, 0.29) is 4.90 Å². The first-order chi connectivity index (χ1) is 12.5. The van der Waals surface area contributed by atoms with Crippen LogP contribution in [0.3, 0.4) is 0 Å². The first kappa shape index (κ1) is 18.3. The summed E-state index contributed by atoms with van der Waals surface area (Å²) >= 11 is 3.30. The molecule has 0 saturated heterocycles. The van der Waals surface area contributed by atoms with Gasteiger partial charge in [-0.1, -0.05) is 30.3 Å². The van der Waals surface area contributed by atoms with Crippen molar-refractivity contribution < 1.29 is 17.9 Å². The number of anilines is 1. The van der Waals surface area contributed by atoms with Crippen LogP contribution < -0.4 is 14.2 Å². The van der Waals surface area contributed by atoms with E-state index in [1.165, 1.54) is 19.2 Å². The molecule has 134 valence electrons. The van der Waals surface area contributed by atoms with E-state index < -0.39 is 10.0 Å². The van der Waals surface area contributed by atoms with Crippen molar-refractivity contribution in [2.45, 2.75) is 4.90 Å². The van der Waals surface area contributed by atoms with Crippen LogP contribution in [0.2, 0.25) is 0 Å². The van der Waals surface area contributed by atoms with Crippen molar-refractivity contribution in [3.05, 3.63) is 77.3 Å². The third-order valence-corrected chi connectivity index (χ3v) is 5.52. The Hall–Kier alpha value is -2.51. The zero-order chi connectivity index (χ0) is 18.6. The Kier molecular flexibility index (Phi) is 5.49. The maximum atomic E-state index is 12.7. The van der Waals surface area contributed by atoms with Gasteiger partial charge in [0, 0.05) is 0 Å². The maximum Gasteiger partial charge on any atom is 0.262 e. The lowest BCUT2D eigenvalue weighted by molar-refractivity contribution is 0.411. The molecule has 26 heavy (non-hydrogen) atoms. The fourth-order valence-corrected chi connectivity index (χ4v) is 4.06. The van der Waals surface area contributed by atoms with Gasteiger partial charge < -0.3 is 9.47 Å². The van der Waals surface area contributed by atoms with Crippen molar-refractivity contribution in [2.75, 3.05) is 11.8 Å². The van der Waals surface area contributed by atoms with Crippen LogP contribution >= 0.6 is 15.9 Å². The van der Waals surface area contributed by atoms with E-state index >= 15 is 0 Å². The minimum Gasteiger partial charge on any atom is -0.496 e. The monoisotopic (exact) mass is 433 g/mol. The van der Waals surface area contributed by atoms with Crippen molar-refractivity contribution >= 4 is 31.6 Å². The van der Waals surface area contributed by atoms with E-state index in [2.05, 4.69) is 20.7 Å². The summed E-state index contributed by atoms with van der Waals surface area (Å²) in [5.74, 6) is 1.58. The highest BCUT2D eigenvalue weighted by atomic mass is 79.9. The Morgan fingerprint density at radius 3 is 2.27 bits per heavy atom. The summed E-state index contributed by atoms with van der Waals surface area (Å²) < 4.78 is 39.5. The van der Waals surface area contributed by atoms with Gasteiger partial charge in [0.2, 0.25) is 0 Å². The minimum atomic E-state index is -3.79. The quantitative estimate of drug-likeness (QED) is 0.590. The number of hydrogen-bond donors (Lipinski definition) is 1. The average molecular weight is 434 g/mol. The Morgan fingerprint density at radius 2 is 1.58 bits per heavy atom. The second-order valence-electron chi connectivity index (χ2n) is 5.31. The summed E-state index contributed by atoms with van der Waals surface area (Å²) in [5, 5.41) is 0. The van der Waals surface area contributed by atoms with Crippen molar-refractivity contribution in [3.8, 4) is 17.2 Å². The minimum absolute atomic E-state index is 0.111. The molecule has 1 N–H and O–H groups in total. The molecule has 0 aliphatic heterocycles. The number of halogens is 1. The molecule has 0 radical (unpaired) electrons. The van der Waals surface area contributed by atoms with Crippen LogP contribution in [0.1, 0.15) is 0 Å². The predicted molar refractivity (Wildman–Crippen MR) is 104 cm³/mol. The van der Waals surface area contributed by atoms with Gasteiger partial charge in [0.25, 0.3) is 10.0 Å². The van der Waals surface area contributed by atoms with E-state index in [0.717, 1.165) is 0 Å². The lowest BCUT2D eigenvalue weighted by Crippen LogP contribution is -2.13. The number of hydrogen-bond acceptors (Lipinski definition) is 4. The molecule has 0 bridgehead atoms. The zero-order valence-corrected chi connectivity index (χ0v) is 16.2. The summed E-state index contributed by atoms with van der Waals surface area (Å²) in [6.45, 7) is 0. The zero-order valence-electron chi connectivity index (χ0n) is 13.8. The van der Waals surface area contributed by atoms with Crippen LogP contribution in [-0.2, 0) is 10.0 Å². The highest BCUT2D eigenvalue weighted by Gasteiger charge is 2.18. The molecular formula is C19H16BrNO4S. The molecule has 0 aliphatic rings. The van der Waals surface area contributed by atoms with Crippen LogP contribution in [0.25, 0.3) is 0 Å². The summed E-state index contributed by atoms with van der Waals surface area (Å²) in [5.41, 5.74) is 0.350. The predicted octanol–water partition coefficient (Wildman–Crippen LogP) is 5.05. The molecule has 0 amide bonds. The van der Waals surface area contributed by atoms with Gasteiger partial charge in [-0.25, -0.2) is 8.42 Å². The fourth-order valence-electron chi connectivity index (χ4n) is 2.27. The van der Waals surface area contributed by atoms with E-state index in [9.17, 15) is 8.42 Å². The first-order valence-electron chi connectivity index (χ1n) is 7.68. The molecule has 3 rings (SSSR count). The third-order valence-electron chi connectivity index (χ3n) is 3.54. The lowest BCUT2D eigenvalue weighted by Gasteiger charge is -2.14. The number of benzene rings is 3. The van der Waals surface area contributed by atoms with E-state index in [4.69, 9.17) is 9.47 Å². The van der Waals surface area contributed by atoms with Gasteiger partial charge in [0.1, 0.15) is 11.5 Å². The van der Waals surface area contributed by atoms with E-state index in [0.29, 0.717) is 27.4 Å². The normalized spacial score (nSPS) is 11.0. The van der Waals surface area contributed by atoms with Gasteiger partial charge in [0.05, 0.1) is 22.2 Å². The SMILES string of the molecule is COc1ccc(S(=O)(=O)Nc2ccccc2Oc2ccccc2)cc1Br. The molecule has 5 nitrogen and oxygen atoms in total. The number of methoxy groups -OCH3 is 1. The molecule has 0 aliphatic carbocycles. The summed E-state index contributed by atoms with van der Waals surface area (Å²) in [7, 11) is -2.27. The summed E-state index contributed by atoms with van der Waals surface area (Å²) in [4.78, 5) is 0.111. The molecule has 0 spiro atoms. The Morgan fingerprint density at radius 1 is 0.885 bits per heavy atom. The highest BCUT2D eigenvalue weighted by molar-refractivity contribution is 9.10. The molecule has 0 unspecified atom stereocenters. The Labute approximate surface area is 160 Å². The van der Waals surface area contributed by atoms with Gasteiger partial charge in [0.15, 0.2) is 5.75 Å². The number of ether oxygens (including phenoxy) is 2. The van der Waals surface area contributed by atoms with Crippen molar-refractivity contribution in [2.24, 2.45) is 0 Å². The average Bonchev–Trinajstić information content (AvgIpc) is 2.64. The summed E-state index contributed by atoms with van der Waals surface area (Å²) in [6, 6.07) is 20.6. The standard InChI is InChI=1S/C19H16BrNO4S/c1-24-18-12-11-15(13-16(18)20)26(22,23)21-17-9-5-6-10-19(17)25-14-7-3-2-4-8-14/h2-13,21H,1H3. The van der Waals surface area contributed by atoms with E-state index in [1.807, 2.05) is 18.2 Å². The van der Waals surface area contributed by atoms with Gasteiger partial charge in [-0.15, -0.1) is 0 Å². The first-order valence-corrected chi connectivity index (χ1v) is 9.95. The maximum absolute atomic E-state index is 12.7. The molecule has 7 heteroatoms. The third kappa shape index (κ3) is 4.17. The van der Waals surface area contributed by atoms with Crippen molar-refractivity contribution in [1.82, 2.24) is 0 Å². The van der Waals surface area contributed by atoms with Crippen molar-refractivity contribution in [1.29, 1.82) is 0 Å². The smallest absolute Gasteiger partial charge is 0.262 e. The molecule has 3 aromatic carbocycles. The van der Waals surface area contributed by atoms with Crippen LogP contribution in [0.4, 0.5) is 5.69 Å². The van der Waals surface area contributed by atoms with Gasteiger partial charge in [-0.2, -0.15) is 0 Å². The van der Waals surface area contributed by atoms with Crippen molar-refractivity contribution in [3.63, 3.8) is 0 Å². The fraction of sp³-hybridized carbons (Fsp3) is 0.0526. The number of nitrogens with one attached hydrogen (secondary N) is 1. The molecular weight excluding hydrogens is 418 g/mol. The molecule has 0 saturated carbocycles. The summed E-state index contributed by atoms with van der Waals surface area (Å²) in [6.07, 6.45) is 0. The number of sulfonamides is 1. The number of para-hydroxylation sites is 3. The lowest BCUT2D eigenvalue weighted by atomic mass is 10.3.